The molecule has 1 rings (SSSR count). The highest BCUT2D eigenvalue weighted by molar-refractivity contribution is 5.40. The van der Waals surface area contributed by atoms with E-state index in [0.717, 1.165) is 0 Å². The molecule has 0 radical (unpaired) electrons. The fourth-order valence-electron chi connectivity index (χ4n) is 1.54. The summed E-state index contributed by atoms with van der Waals surface area (Å²) < 4.78 is 5.02. The van der Waals surface area contributed by atoms with Crippen LogP contribution in [0.15, 0.2) is 24.3 Å². The van der Waals surface area contributed by atoms with Crippen LogP contribution in [0.3, 0.4) is 0 Å². The van der Waals surface area contributed by atoms with Crippen molar-refractivity contribution in [3.63, 3.8) is 0 Å². The van der Waals surface area contributed by atoms with E-state index in [1.165, 1.54) is 13.0 Å². The molecule has 0 aliphatic rings. The first-order chi connectivity index (χ1) is 8.04. The standard InChI is InChI=1S/C11H15NO5/c1-8(14)17-10(7-13)6-9-4-2-3-5-11(9)12(15)16/h2-5,8,10,13-14H,6-7H2,1H3. The minimum Gasteiger partial charge on any atom is -0.394 e. The van der Waals surface area contributed by atoms with E-state index in [4.69, 9.17) is 14.9 Å². The van der Waals surface area contributed by atoms with Crippen LogP contribution in [0.2, 0.25) is 0 Å². The normalized spacial score (nSPS) is 14.3. The second-order valence-electron chi connectivity index (χ2n) is 3.63. The van der Waals surface area contributed by atoms with Crippen LogP contribution >= 0.6 is 0 Å². The Morgan fingerprint density at radius 1 is 1.47 bits per heavy atom. The Morgan fingerprint density at radius 2 is 2.12 bits per heavy atom. The van der Waals surface area contributed by atoms with Crippen LogP contribution in [-0.2, 0) is 11.2 Å². The molecule has 1 aromatic rings. The molecule has 0 heterocycles. The van der Waals surface area contributed by atoms with Gasteiger partial charge in [-0.05, 0) is 6.92 Å². The number of hydrogen-bond acceptors (Lipinski definition) is 5. The lowest BCUT2D eigenvalue weighted by Crippen LogP contribution is -2.25. The lowest BCUT2D eigenvalue weighted by molar-refractivity contribution is -0.385. The first-order valence-corrected chi connectivity index (χ1v) is 5.21. The quantitative estimate of drug-likeness (QED) is 0.437. The van der Waals surface area contributed by atoms with E-state index in [0.29, 0.717) is 5.56 Å². The van der Waals surface area contributed by atoms with E-state index in [1.807, 2.05) is 0 Å². The third kappa shape index (κ3) is 4.10. The van der Waals surface area contributed by atoms with Gasteiger partial charge in [-0.3, -0.25) is 10.1 Å². The van der Waals surface area contributed by atoms with Crippen LogP contribution in [0.5, 0.6) is 0 Å². The Hall–Kier alpha value is -1.50. The Labute approximate surface area is 98.6 Å². The predicted molar refractivity (Wildman–Crippen MR) is 60.4 cm³/mol. The maximum absolute atomic E-state index is 10.8. The molecule has 0 saturated heterocycles. The van der Waals surface area contributed by atoms with Crippen LogP contribution in [0, 0.1) is 10.1 Å². The van der Waals surface area contributed by atoms with Gasteiger partial charge in [0.15, 0.2) is 6.29 Å². The average Bonchev–Trinajstić information content (AvgIpc) is 2.28. The van der Waals surface area contributed by atoms with Crippen molar-refractivity contribution in [3.05, 3.63) is 39.9 Å². The predicted octanol–water partition coefficient (Wildman–Crippen LogP) is 0.853. The molecule has 1 aromatic carbocycles. The highest BCUT2D eigenvalue weighted by Gasteiger charge is 2.18. The summed E-state index contributed by atoms with van der Waals surface area (Å²) in [7, 11) is 0. The first-order valence-electron chi connectivity index (χ1n) is 5.21. The monoisotopic (exact) mass is 241 g/mol. The second-order valence-corrected chi connectivity index (χ2v) is 3.63. The molecule has 0 bridgehead atoms. The summed E-state index contributed by atoms with van der Waals surface area (Å²) in [4.78, 5) is 10.3. The number of rotatable bonds is 6. The fraction of sp³-hybridized carbons (Fsp3) is 0.455. The zero-order chi connectivity index (χ0) is 12.8. The highest BCUT2D eigenvalue weighted by atomic mass is 16.6. The number of para-hydroxylation sites is 1. The molecule has 6 heteroatoms. The molecule has 0 saturated carbocycles. The molecule has 0 amide bonds. The van der Waals surface area contributed by atoms with Gasteiger partial charge < -0.3 is 14.9 Å². The van der Waals surface area contributed by atoms with Gasteiger partial charge in [0.25, 0.3) is 5.69 Å². The Balaban J connectivity index is 2.82. The number of aliphatic hydroxyl groups excluding tert-OH is 2. The summed E-state index contributed by atoms with van der Waals surface area (Å²) in [6, 6.07) is 6.25. The molecule has 17 heavy (non-hydrogen) atoms. The van der Waals surface area contributed by atoms with Gasteiger partial charge in [-0.15, -0.1) is 0 Å². The zero-order valence-corrected chi connectivity index (χ0v) is 9.44. The Kier molecular flexibility index (Phi) is 5.02. The van der Waals surface area contributed by atoms with Crippen LogP contribution < -0.4 is 0 Å². The number of hydrogen-bond donors (Lipinski definition) is 2. The number of benzene rings is 1. The van der Waals surface area contributed by atoms with E-state index in [9.17, 15) is 10.1 Å². The molecule has 6 nitrogen and oxygen atoms in total. The summed E-state index contributed by atoms with van der Waals surface area (Å²) in [5.41, 5.74) is 0.456. The third-order valence-corrected chi connectivity index (χ3v) is 2.23. The van der Waals surface area contributed by atoms with Crippen molar-refractivity contribution in [3.8, 4) is 0 Å². The lowest BCUT2D eigenvalue weighted by atomic mass is 10.1. The molecule has 0 fully saturated rings. The van der Waals surface area contributed by atoms with Gasteiger partial charge in [0.1, 0.15) is 0 Å². The molecule has 0 spiro atoms. The molecular weight excluding hydrogens is 226 g/mol. The van der Waals surface area contributed by atoms with Gasteiger partial charge in [0.2, 0.25) is 0 Å². The fourth-order valence-corrected chi connectivity index (χ4v) is 1.54. The van der Waals surface area contributed by atoms with E-state index in [-0.39, 0.29) is 18.7 Å². The van der Waals surface area contributed by atoms with E-state index < -0.39 is 17.3 Å². The number of ether oxygens (including phenoxy) is 1. The summed E-state index contributed by atoms with van der Waals surface area (Å²) in [5, 5.41) is 28.9. The topological polar surface area (TPSA) is 92.8 Å². The molecule has 2 N–H and O–H groups in total. The zero-order valence-electron chi connectivity index (χ0n) is 9.44. The number of aliphatic hydroxyl groups is 2. The SMILES string of the molecule is CC(O)OC(CO)Cc1ccccc1[N+](=O)[O-]. The van der Waals surface area contributed by atoms with E-state index >= 15 is 0 Å². The van der Waals surface area contributed by atoms with Gasteiger partial charge in [0.05, 0.1) is 17.6 Å². The summed E-state index contributed by atoms with van der Waals surface area (Å²) in [6.45, 7) is 1.11. The number of nitrogens with zero attached hydrogens (tertiary/aromatic N) is 1. The van der Waals surface area contributed by atoms with Crippen molar-refractivity contribution in [2.45, 2.75) is 25.7 Å². The molecular formula is C11H15NO5. The largest absolute Gasteiger partial charge is 0.394 e. The van der Waals surface area contributed by atoms with Crippen molar-refractivity contribution in [2.24, 2.45) is 0 Å². The van der Waals surface area contributed by atoms with Gasteiger partial charge in [-0.2, -0.15) is 0 Å². The van der Waals surface area contributed by atoms with Gasteiger partial charge >= 0.3 is 0 Å². The number of nitro groups is 1. The highest BCUT2D eigenvalue weighted by Crippen LogP contribution is 2.20. The maximum atomic E-state index is 10.8. The van der Waals surface area contributed by atoms with Gasteiger partial charge in [-0.1, -0.05) is 18.2 Å². The van der Waals surface area contributed by atoms with Gasteiger partial charge in [-0.25, -0.2) is 0 Å². The van der Waals surface area contributed by atoms with Crippen LogP contribution in [-0.4, -0.2) is 34.1 Å². The molecule has 0 aliphatic carbocycles. The van der Waals surface area contributed by atoms with Crippen molar-refractivity contribution >= 4 is 5.69 Å². The summed E-state index contributed by atoms with van der Waals surface area (Å²) in [5.74, 6) is 0. The summed E-state index contributed by atoms with van der Waals surface area (Å²) in [6.07, 6.45) is -1.50. The molecule has 0 aliphatic heterocycles. The lowest BCUT2D eigenvalue weighted by Gasteiger charge is -2.17. The first kappa shape index (κ1) is 13.6. The van der Waals surface area contributed by atoms with Crippen molar-refractivity contribution in [2.75, 3.05) is 6.61 Å². The van der Waals surface area contributed by atoms with Crippen molar-refractivity contribution < 1.29 is 19.9 Å². The molecule has 2 unspecified atom stereocenters. The smallest absolute Gasteiger partial charge is 0.272 e. The van der Waals surface area contributed by atoms with Crippen molar-refractivity contribution in [1.82, 2.24) is 0 Å². The molecule has 2 atom stereocenters. The minimum absolute atomic E-state index is 0.0138. The average molecular weight is 241 g/mol. The number of nitro benzene ring substituents is 1. The van der Waals surface area contributed by atoms with E-state index in [1.54, 1.807) is 18.2 Å². The van der Waals surface area contributed by atoms with Gasteiger partial charge in [0, 0.05) is 18.1 Å². The van der Waals surface area contributed by atoms with Crippen LogP contribution in [0.1, 0.15) is 12.5 Å². The maximum Gasteiger partial charge on any atom is 0.272 e. The molecule has 0 aromatic heterocycles. The van der Waals surface area contributed by atoms with E-state index in [2.05, 4.69) is 0 Å². The minimum atomic E-state index is -1.02. The Morgan fingerprint density at radius 3 is 2.65 bits per heavy atom. The summed E-state index contributed by atoms with van der Waals surface area (Å²) >= 11 is 0. The third-order valence-electron chi connectivity index (χ3n) is 2.23. The van der Waals surface area contributed by atoms with Crippen LogP contribution in [0.25, 0.3) is 0 Å². The molecule has 94 valence electrons. The van der Waals surface area contributed by atoms with Crippen molar-refractivity contribution in [1.29, 1.82) is 0 Å². The van der Waals surface area contributed by atoms with Crippen LogP contribution in [0.4, 0.5) is 5.69 Å². The second kappa shape index (κ2) is 6.29. The Bertz CT molecular complexity index is 380.